The van der Waals surface area contributed by atoms with Gasteiger partial charge in [-0.1, -0.05) is 0 Å². The third-order valence-electron chi connectivity index (χ3n) is 6.11. The molecule has 8 nitrogen and oxygen atoms in total. The number of pyridine rings is 1. The normalized spacial score (nSPS) is 18.0. The van der Waals surface area contributed by atoms with Gasteiger partial charge in [0.05, 0.1) is 30.5 Å². The largest absolute Gasteiger partial charge is 0.444 e. The van der Waals surface area contributed by atoms with Crippen molar-refractivity contribution < 1.29 is 18.7 Å². The fraction of sp³-hybridized carbons (Fsp3) is 0.409. The SMILES string of the molecule is O=C(c1ccc(Br)o1)N1CCC(c2ccn3ncc(C(=O)N4CCOCC4)c3c2)CC1. The molecule has 9 heteroatoms. The Morgan fingerprint density at radius 1 is 1.00 bits per heavy atom. The Hall–Kier alpha value is -2.65. The van der Waals surface area contributed by atoms with Gasteiger partial charge in [0.1, 0.15) is 0 Å². The first-order valence-electron chi connectivity index (χ1n) is 10.5. The molecule has 0 saturated carbocycles. The number of ether oxygens (including phenoxy) is 1. The highest BCUT2D eigenvalue weighted by molar-refractivity contribution is 9.10. The fourth-order valence-electron chi connectivity index (χ4n) is 4.35. The number of fused-ring (bicyclic) bond motifs is 1. The molecular weight excluding hydrogens is 464 g/mol. The van der Waals surface area contributed by atoms with Crippen molar-refractivity contribution in [2.45, 2.75) is 18.8 Å². The molecule has 0 unspecified atom stereocenters. The van der Waals surface area contributed by atoms with Crippen molar-refractivity contribution in [2.75, 3.05) is 39.4 Å². The van der Waals surface area contributed by atoms with E-state index in [1.165, 1.54) is 5.56 Å². The lowest BCUT2D eigenvalue weighted by Crippen LogP contribution is -2.40. The molecule has 2 aliphatic rings. The molecule has 0 bridgehead atoms. The first kappa shape index (κ1) is 20.3. The summed E-state index contributed by atoms with van der Waals surface area (Å²) in [7, 11) is 0. The average Bonchev–Trinajstić information content (AvgIpc) is 3.44. The van der Waals surface area contributed by atoms with Crippen molar-refractivity contribution >= 4 is 33.3 Å². The number of carbonyl (C=O) groups is 2. The van der Waals surface area contributed by atoms with Crippen LogP contribution in [0.15, 0.2) is 45.7 Å². The molecule has 2 aliphatic heterocycles. The van der Waals surface area contributed by atoms with Crippen molar-refractivity contribution in [1.82, 2.24) is 19.4 Å². The predicted molar refractivity (Wildman–Crippen MR) is 116 cm³/mol. The number of furan rings is 1. The molecule has 162 valence electrons. The van der Waals surface area contributed by atoms with Crippen LogP contribution in [0.25, 0.3) is 5.52 Å². The van der Waals surface area contributed by atoms with E-state index < -0.39 is 0 Å². The molecule has 2 fully saturated rings. The number of hydrogen-bond donors (Lipinski definition) is 0. The Morgan fingerprint density at radius 3 is 2.45 bits per heavy atom. The van der Waals surface area contributed by atoms with Crippen molar-refractivity contribution in [3.8, 4) is 0 Å². The van der Waals surface area contributed by atoms with Gasteiger partial charge in [-0.2, -0.15) is 5.10 Å². The molecule has 3 aromatic rings. The van der Waals surface area contributed by atoms with Crippen LogP contribution in [0, 0.1) is 0 Å². The Morgan fingerprint density at radius 2 is 1.74 bits per heavy atom. The van der Waals surface area contributed by atoms with E-state index in [1.807, 2.05) is 16.0 Å². The maximum absolute atomic E-state index is 13.0. The quantitative estimate of drug-likeness (QED) is 0.567. The van der Waals surface area contributed by atoms with Gasteiger partial charge >= 0.3 is 0 Å². The predicted octanol–water partition coefficient (Wildman–Crippen LogP) is 3.18. The summed E-state index contributed by atoms with van der Waals surface area (Å²) in [5.41, 5.74) is 2.63. The zero-order valence-corrected chi connectivity index (χ0v) is 18.6. The van der Waals surface area contributed by atoms with E-state index in [9.17, 15) is 9.59 Å². The van der Waals surface area contributed by atoms with Gasteiger partial charge in [-0.15, -0.1) is 0 Å². The fourth-order valence-corrected chi connectivity index (χ4v) is 4.66. The molecule has 5 rings (SSSR count). The topological polar surface area (TPSA) is 80.3 Å². The number of amides is 2. The van der Waals surface area contributed by atoms with Gasteiger partial charge in [0.2, 0.25) is 0 Å². The lowest BCUT2D eigenvalue weighted by Gasteiger charge is -2.31. The van der Waals surface area contributed by atoms with E-state index >= 15 is 0 Å². The number of likely N-dealkylation sites (tertiary alicyclic amines) is 1. The van der Waals surface area contributed by atoms with Crippen molar-refractivity contribution in [2.24, 2.45) is 0 Å². The maximum atomic E-state index is 13.0. The number of nitrogens with zero attached hydrogens (tertiary/aromatic N) is 4. The standard InChI is InChI=1S/C22H23BrN4O4/c23-20-2-1-19(31-20)22(29)25-6-3-15(4-7-25)16-5-8-27-18(13-16)17(14-24-27)21(28)26-9-11-30-12-10-26/h1-2,5,8,13-15H,3-4,6-7,9-12H2. The molecule has 5 heterocycles. The van der Waals surface area contributed by atoms with E-state index in [1.54, 1.807) is 22.8 Å². The zero-order chi connectivity index (χ0) is 21.4. The summed E-state index contributed by atoms with van der Waals surface area (Å²) in [6.07, 6.45) is 5.30. The van der Waals surface area contributed by atoms with Crippen LogP contribution in [-0.2, 0) is 4.74 Å². The number of hydrogen-bond acceptors (Lipinski definition) is 5. The number of aromatic nitrogens is 2. The number of rotatable bonds is 3. The summed E-state index contributed by atoms with van der Waals surface area (Å²) in [6.45, 7) is 3.70. The minimum absolute atomic E-state index is 0.000439. The minimum atomic E-state index is -0.0752. The van der Waals surface area contributed by atoms with Crippen LogP contribution in [0.5, 0.6) is 0 Å². The third kappa shape index (κ3) is 3.99. The van der Waals surface area contributed by atoms with E-state index in [0.717, 1.165) is 18.4 Å². The smallest absolute Gasteiger partial charge is 0.289 e. The van der Waals surface area contributed by atoms with Gasteiger partial charge in [0.15, 0.2) is 10.4 Å². The molecule has 2 amide bonds. The number of piperidine rings is 1. The highest BCUT2D eigenvalue weighted by Crippen LogP contribution is 2.30. The summed E-state index contributed by atoms with van der Waals surface area (Å²) >= 11 is 3.24. The van der Waals surface area contributed by atoms with Gasteiger partial charge in [0, 0.05) is 32.4 Å². The second-order valence-electron chi connectivity index (χ2n) is 7.92. The Kier molecular flexibility index (Phi) is 5.54. The third-order valence-corrected chi connectivity index (χ3v) is 6.54. The van der Waals surface area contributed by atoms with Gasteiger partial charge < -0.3 is 19.0 Å². The second kappa shape index (κ2) is 8.47. The summed E-state index contributed by atoms with van der Waals surface area (Å²) < 4.78 is 13.1. The Bertz CT molecular complexity index is 1110. The highest BCUT2D eigenvalue weighted by Gasteiger charge is 2.27. The number of carbonyl (C=O) groups excluding carboxylic acids is 2. The Balaban J connectivity index is 1.31. The monoisotopic (exact) mass is 486 g/mol. The molecule has 0 radical (unpaired) electrons. The molecule has 0 atom stereocenters. The lowest BCUT2D eigenvalue weighted by atomic mass is 9.89. The average molecular weight is 487 g/mol. The molecule has 0 N–H and O–H groups in total. The van der Waals surface area contributed by atoms with Crippen molar-refractivity contribution in [3.05, 3.63) is 58.2 Å². The van der Waals surface area contributed by atoms with E-state index in [4.69, 9.17) is 9.15 Å². The molecule has 0 spiro atoms. The van der Waals surface area contributed by atoms with Crippen molar-refractivity contribution in [1.29, 1.82) is 0 Å². The van der Waals surface area contributed by atoms with Crippen LogP contribution < -0.4 is 0 Å². The van der Waals surface area contributed by atoms with Crippen LogP contribution >= 0.6 is 15.9 Å². The molecule has 0 aromatic carbocycles. The molecular formula is C22H23BrN4O4. The van der Waals surface area contributed by atoms with Crippen LogP contribution in [0.2, 0.25) is 0 Å². The molecule has 0 aliphatic carbocycles. The van der Waals surface area contributed by atoms with E-state index in [-0.39, 0.29) is 11.8 Å². The molecule has 3 aromatic heterocycles. The van der Waals surface area contributed by atoms with Gasteiger partial charge in [-0.25, -0.2) is 4.52 Å². The first-order valence-corrected chi connectivity index (χ1v) is 11.3. The summed E-state index contributed by atoms with van der Waals surface area (Å²) in [5.74, 6) is 0.616. The van der Waals surface area contributed by atoms with Gasteiger partial charge in [-0.3, -0.25) is 9.59 Å². The number of morpholine rings is 1. The number of halogens is 1. The molecule has 2 saturated heterocycles. The van der Waals surface area contributed by atoms with E-state index in [0.29, 0.717) is 61.3 Å². The first-order chi connectivity index (χ1) is 15.1. The zero-order valence-electron chi connectivity index (χ0n) is 17.0. The molecule has 31 heavy (non-hydrogen) atoms. The van der Waals surface area contributed by atoms with Crippen LogP contribution in [0.4, 0.5) is 0 Å². The van der Waals surface area contributed by atoms with Gasteiger partial charge in [-0.05, 0) is 64.5 Å². The van der Waals surface area contributed by atoms with Crippen LogP contribution in [0.3, 0.4) is 0 Å². The minimum Gasteiger partial charge on any atom is -0.444 e. The van der Waals surface area contributed by atoms with Crippen molar-refractivity contribution in [3.63, 3.8) is 0 Å². The highest BCUT2D eigenvalue weighted by atomic mass is 79.9. The summed E-state index contributed by atoms with van der Waals surface area (Å²) in [4.78, 5) is 29.3. The summed E-state index contributed by atoms with van der Waals surface area (Å²) in [6, 6.07) is 7.57. The Labute approximate surface area is 187 Å². The second-order valence-corrected chi connectivity index (χ2v) is 8.70. The lowest BCUT2D eigenvalue weighted by molar-refractivity contribution is 0.0304. The van der Waals surface area contributed by atoms with Gasteiger partial charge in [0.25, 0.3) is 11.8 Å². The maximum Gasteiger partial charge on any atom is 0.289 e. The van der Waals surface area contributed by atoms with Crippen LogP contribution in [-0.4, -0.2) is 70.6 Å². The summed E-state index contributed by atoms with van der Waals surface area (Å²) in [5, 5.41) is 4.36. The van der Waals surface area contributed by atoms with Crippen LogP contribution in [0.1, 0.15) is 45.2 Å². The van der Waals surface area contributed by atoms with E-state index in [2.05, 4.69) is 33.2 Å².